The molecule has 9 nitrogen and oxygen atoms in total. The minimum absolute atomic E-state index is 0.0898. The standard InChI is InChI=1S/C21H25Cl2N7O2/c1-11-6-14(28-30(11)4)9-25-21(31)29(3)10-15-12(2)26-20(24)27-19(15)18-16(23)7-13(22)8-17(18)32-5/h6-8H,9-10H2,1-5H3,(H,25,31)(H2,24,26,27). The highest BCUT2D eigenvalue weighted by molar-refractivity contribution is 6.37. The van der Waals surface area contributed by atoms with Crippen molar-refractivity contribution in [2.24, 2.45) is 7.05 Å². The van der Waals surface area contributed by atoms with Crippen LogP contribution >= 0.6 is 23.2 Å². The second kappa shape index (κ2) is 9.62. The van der Waals surface area contributed by atoms with Gasteiger partial charge in [0.05, 0.1) is 42.2 Å². The molecule has 2 amide bonds. The van der Waals surface area contributed by atoms with Gasteiger partial charge in [-0.2, -0.15) is 5.10 Å². The lowest BCUT2D eigenvalue weighted by molar-refractivity contribution is 0.206. The van der Waals surface area contributed by atoms with Crippen molar-refractivity contribution >= 4 is 35.2 Å². The van der Waals surface area contributed by atoms with Gasteiger partial charge in [0, 0.05) is 36.1 Å². The van der Waals surface area contributed by atoms with E-state index in [2.05, 4.69) is 20.4 Å². The lowest BCUT2D eigenvalue weighted by atomic mass is 10.0. The summed E-state index contributed by atoms with van der Waals surface area (Å²) >= 11 is 12.6. The van der Waals surface area contributed by atoms with E-state index in [4.69, 9.17) is 33.7 Å². The van der Waals surface area contributed by atoms with E-state index in [0.29, 0.717) is 44.9 Å². The Morgan fingerprint density at radius 2 is 1.97 bits per heavy atom. The van der Waals surface area contributed by atoms with Crippen LogP contribution in [0.4, 0.5) is 10.7 Å². The number of methoxy groups -OCH3 is 1. The largest absolute Gasteiger partial charge is 0.496 e. The molecule has 2 heterocycles. The molecule has 0 aliphatic carbocycles. The number of benzene rings is 1. The maximum absolute atomic E-state index is 12.7. The topological polar surface area (TPSA) is 111 Å². The molecule has 2 aromatic heterocycles. The molecule has 0 saturated carbocycles. The van der Waals surface area contributed by atoms with Crippen molar-refractivity contribution in [3.8, 4) is 17.0 Å². The minimum atomic E-state index is -0.273. The summed E-state index contributed by atoms with van der Waals surface area (Å²) < 4.78 is 7.24. The van der Waals surface area contributed by atoms with Crippen molar-refractivity contribution in [2.45, 2.75) is 26.9 Å². The molecule has 0 radical (unpaired) electrons. The van der Waals surface area contributed by atoms with Gasteiger partial charge in [0.15, 0.2) is 0 Å². The van der Waals surface area contributed by atoms with Gasteiger partial charge >= 0.3 is 6.03 Å². The molecule has 0 bridgehead atoms. The third-order valence-corrected chi connectivity index (χ3v) is 5.55. The van der Waals surface area contributed by atoms with Gasteiger partial charge in [-0.25, -0.2) is 14.8 Å². The van der Waals surface area contributed by atoms with Gasteiger partial charge in [-0.05, 0) is 32.0 Å². The van der Waals surface area contributed by atoms with Crippen molar-refractivity contribution in [3.05, 3.63) is 50.9 Å². The van der Waals surface area contributed by atoms with Gasteiger partial charge in [0.1, 0.15) is 5.75 Å². The maximum atomic E-state index is 12.7. The Bertz CT molecular complexity index is 1140. The minimum Gasteiger partial charge on any atom is -0.496 e. The molecule has 3 N–H and O–H groups in total. The third-order valence-electron chi connectivity index (χ3n) is 5.03. The van der Waals surface area contributed by atoms with Crippen LogP contribution < -0.4 is 15.8 Å². The molecule has 170 valence electrons. The van der Waals surface area contributed by atoms with Crippen LogP contribution in [0.2, 0.25) is 10.0 Å². The van der Waals surface area contributed by atoms with Crippen LogP contribution in [0, 0.1) is 13.8 Å². The van der Waals surface area contributed by atoms with E-state index in [1.165, 1.54) is 12.0 Å². The molecule has 3 rings (SSSR count). The van der Waals surface area contributed by atoms with Gasteiger partial charge in [0.2, 0.25) is 5.95 Å². The summed E-state index contributed by atoms with van der Waals surface area (Å²) in [5.74, 6) is 0.533. The number of hydrogen-bond acceptors (Lipinski definition) is 6. The van der Waals surface area contributed by atoms with Crippen molar-refractivity contribution in [1.82, 2.24) is 30.0 Å². The van der Waals surface area contributed by atoms with Gasteiger partial charge in [0.25, 0.3) is 0 Å². The summed E-state index contributed by atoms with van der Waals surface area (Å²) in [5, 5.41) is 8.00. The number of hydrogen-bond donors (Lipinski definition) is 2. The first kappa shape index (κ1) is 23.6. The summed E-state index contributed by atoms with van der Waals surface area (Å²) in [6.45, 7) is 4.28. The number of halogens is 2. The number of carbonyl (C=O) groups excluding carboxylic acids is 1. The fraction of sp³-hybridized carbons (Fsp3) is 0.333. The van der Waals surface area contributed by atoms with Crippen LogP contribution in [-0.4, -0.2) is 44.8 Å². The first-order valence-electron chi connectivity index (χ1n) is 9.75. The van der Waals surface area contributed by atoms with Crippen LogP contribution in [0.25, 0.3) is 11.3 Å². The lowest BCUT2D eigenvalue weighted by Gasteiger charge is -2.22. The molecule has 1 aromatic carbocycles. The van der Waals surface area contributed by atoms with E-state index in [0.717, 1.165) is 11.4 Å². The fourth-order valence-corrected chi connectivity index (χ4v) is 3.85. The monoisotopic (exact) mass is 477 g/mol. The molecule has 3 aromatic rings. The number of anilines is 1. The van der Waals surface area contributed by atoms with Crippen LogP contribution in [0.1, 0.15) is 22.6 Å². The molecule has 0 aliphatic heterocycles. The van der Waals surface area contributed by atoms with Gasteiger partial charge in [-0.3, -0.25) is 4.68 Å². The van der Waals surface area contributed by atoms with Crippen LogP contribution in [0.5, 0.6) is 5.75 Å². The number of amides is 2. The molecule has 0 saturated heterocycles. The van der Waals surface area contributed by atoms with Gasteiger partial charge in [-0.15, -0.1) is 0 Å². The van der Waals surface area contributed by atoms with Crippen molar-refractivity contribution in [1.29, 1.82) is 0 Å². The summed E-state index contributed by atoms with van der Waals surface area (Å²) in [4.78, 5) is 22.9. The first-order valence-corrected chi connectivity index (χ1v) is 10.5. The van der Waals surface area contributed by atoms with E-state index in [1.807, 2.05) is 20.0 Å². The number of carbonyl (C=O) groups is 1. The average molecular weight is 478 g/mol. The Hall–Kier alpha value is -3.04. The SMILES string of the molecule is COc1cc(Cl)cc(Cl)c1-c1nc(N)nc(C)c1CN(C)C(=O)NCc1cc(C)n(C)n1. The molecule has 0 atom stereocenters. The predicted octanol–water partition coefficient (Wildman–Crippen LogP) is 3.73. The quantitative estimate of drug-likeness (QED) is 0.559. The fourth-order valence-electron chi connectivity index (χ4n) is 3.29. The number of rotatable bonds is 6. The lowest BCUT2D eigenvalue weighted by Crippen LogP contribution is -2.37. The molecule has 0 aliphatic rings. The van der Waals surface area contributed by atoms with Crippen molar-refractivity contribution in [3.63, 3.8) is 0 Å². The van der Waals surface area contributed by atoms with Gasteiger partial charge < -0.3 is 20.7 Å². The highest BCUT2D eigenvalue weighted by Crippen LogP contribution is 2.40. The zero-order chi connectivity index (χ0) is 23.6. The predicted molar refractivity (Wildman–Crippen MR) is 125 cm³/mol. The number of nitrogens with two attached hydrogens (primary N) is 1. The number of nitrogen functional groups attached to an aromatic ring is 1. The molecule has 32 heavy (non-hydrogen) atoms. The highest BCUT2D eigenvalue weighted by atomic mass is 35.5. The highest BCUT2D eigenvalue weighted by Gasteiger charge is 2.22. The Morgan fingerprint density at radius 3 is 2.59 bits per heavy atom. The van der Waals surface area contributed by atoms with E-state index in [-0.39, 0.29) is 18.5 Å². The summed E-state index contributed by atoms with van der Waals surface area (Å²) in [6, 6.07) is 4.89. The smallest absolute Gasteiger partial charge is 0.317 e. The van der Waals surface area contributed by atoms with Gasteiger partial charge in [-0.1, -0.05) is 23.2 Å². The number of aromatic nitrogens is 4. The summed E-state index contributed by atoms with van der Waals surface area (Å²) in [5.41, 5.74) is 10.0. The van der Waals surface area contributed by atoms with E-state index < -0.39 is 0 Å². The molecular formula is C21H25Cl2N7O2. The third kappa shape index (κ3) is 5.05. The Labute approximate surface area is 196 Å². The molecule has 0 unspecified atom stereocenters. The average Bonchev–Trinajstić information content (AvgIpc) is 3.04. The Kier molecular flexibility index (Phi) is 7.10. The zero-order valence-electron chi connectivity index (χ0n) is 18.5. The number of urea groups is 1. The van der Waals surface area contributed by atoms with E-state index in [1.54, 1.807) is 30.8 Å². The number of nitrogens with zero attached hydrogens (tertiary/aromatic N) is 5. The second-order valence-corrected chi connectivity index (χ2v) is 8.22. The second-order valence-electron chi connectivity index (χ2n) is 7.37. The maximum Gasteiger partial charge on any atom is 0.317 e. The number of nitrogens with one attached hydrogen (secondary N) is 1. The molecule has 0 spiro atoms. The van der Waals surface area contributed by atoms with E-state index in [9.17, 15) is 4.79 Å². The zero-order valence-corrected chi connectivity index (χ0v) is 20.0. The number of aryl methyl sites for hydroxylation is 3. The van der Waals surface area contributed by atoms with Crippen LogP contribution in [0.3, 0.4) is 0 Å². The number of ether oxygens (including phenoxy) is 1. The molecule has 0 fully saturated rings. The first-order chi connectivity index (χ1) is 15.1. The normalized spacial score (nSPS) is 10.8. The summed E-state index contributed by atoms with van der Waals surface area (Å²) in [6.07, 6.45) is 0. The van der Waals surface area contributed by atoms with Crippen molar-refractivity contribution in [2.75, 3.05) is 19.9 Å². The summed E-state index contributed by atoms with van der Waals surface area (Å²) in [7, 11) is 5.05. The van der Waals surface area contributed by atoms with Crippen molar-refractivity contribution < 1.29 is 9.53 Å². The van der Waals surface area contributed by atoms with Crippen LogP contribution in [0.15, 0.2) is 18.2 Å². The molecular weight excluding hydrogens is 453 g/mol. The Balaban J connectivity index is 1.89. The molecule has 11 heteroatoms. The Morgan fingerprint density at radius 1 is 1.25 bits per heavy atom. The van der Waals surface area contributed by atoms with Crippen LogP contribution in [-0.2, 0) is 20.1 Å². The van der Waals surface area contributed by atoms with E-state index >= 15 is 0 Å².